The largest absolute Gasteiger partial charge is 0.495 e. The average molecular weight is 267 g/mol. The topological polar surface area (TPSA) is 62.6 Å². The molecule has 0 N–H and O–H groups in total. The fourth-order valence-corrected chi connectivity index (χ4v) is 1.99. The van der Waals surface area contributed by atoms with Crippen LogP contribution in [-0.2, 0) is 9.53 Å². The van der Waals surface area contributed by atoms with Crippen molar-refractivity contribution in [2.45, 2.75) is 6.04 Å². The zero-order valence-corrected chi connectivity index (χ0v) is 10.5. The molecule has 18 heavy (non-hydrogen) atoms. The molecular weight excluding hydrogens is 256 g/mol. The molecule has 1 aliphatic rings. The molecule has 0 aliphatic carbocycles. The number of halogens is 1. The second kappa shape index (κ2) is 5.25. The molecule has 1 atom stereocenters. The predicted octanol–water partition coefficient (Wildman–Crippen LogP) is 1.60. The summed E-state index contributed by atoms with van der Waals surface area (Å²) in [7, 11) is 1.50. The van der Waals surface area contributed by atoms with Crippen LogP contribution in [0.2, 0.25) is 5.02 Å². The fraction of sp³-hybridized carbons (Fsp3) is 0.333. The van der Waals surface area contributed by atoms with Crippen LogP contribution in [0.15, 0.2) is 18.2 Å². The molecule has 1 aromatic carbocycles. The highest BCUT2D eigenvalue weighted by molar-refractivity contribution is 6.31. The SMILES string of the molecule is COc1ccc(Cl)cc1N1C(=O)COCC1C#N. The molecule has 0 radical (unpaired) electrons. The lowest BCUT2D eigenvalue weighted by Crippen LogP contribution is -2.49. The molecule has 1 amide bonds. The third-order valence-electron chi connectivity index (χ3n) is 2.63. The number of nitrogens with zero attached hydrogens (tertiary/aromatic N) is 2. The van der Waals surface area contributed by atoms with Gasteiger partial charge in [0.05, 0.1) is 25.5 Å². The number of ether oxygens (including phenoxy) is 2. The Morgan fingerprint density at radius 3 is 3.06 bits per heavy atom. The van der Waals surface area contributed by atoms with Crippen LogP contribution in [0.1, 0.15) is 0 Å². The maximum Gasteiger partial charge on any atom is 0.254 e. The average Bonchev–Trinajstić information content (AvgIpc) is 2.38. The zero-order valence-electron chi connectivity index (χ0n) is 9.72. The van der Waals surface area contributed by atoms with Gasteiger partial charge in [-0.2, -0.15) is 5.26 Å². The van der Waals surface area contributed by atoms with E-state index in [1.807, 2.05) is 6.07 Å². The Morgan fingerprint density at radius 1 is 1.61 bits per heavy atom. The summed E-state index contributed by atoms with van der Waals surface area (Å²) in [6.45, 7) is 0.131. The summed E-state index contributed by atoms with van der Waals surface area (Å²) in [6, 6.07) is 6.30. The monoisotopic (exact) mass is 266 g/mol. The molecule has 0 saturated carbocycles. The maximum absolute atomic E-state index is 11.9. The maximum atomic E-state index is 11.9. The van der Waals surface area contributed by atoms with Crippen molar-refractivity contribution in [3.05, 3.63) is 23.2 Å². The third kappa shape index (κ3) is 2.26. The van der Waals surface area contributed by atoms with Gasteiger partial charge in [0.15, 0.2) is 0 Å². The molecule has 5 nitrogen and oxygen atoms in total. The molecule has 1 fully saturated rings. The molecule has 1 heterocycles. The van der Waals surface area contributed by atoms with Crippen molar-refractivity contribution in [2.75, 3.05) is 25.2 Å². The lowest BCUT2D eigenvalue weighted by molar-refractivity contribution is -0.126. The zero-order chi connectivity index (χ0) is 13.1. The summed E-state index contributed by atoms with van der Waals surface area (Å²) in [4.78, 5) is 13.3. The Labute approximate surface area is 109 Å². The van der Waals surface area contributed by atoms with Crippen molar-refractivity contribution in [3.63, 3.8) is 0 Å². The van der Waals surface area contributed by atoms with Crippen molar-refractivity contribution >= 4 is 23.2 Å². The molecule has 0 aromatic heterocycles. The highest BCUT2D eigenvalue weighted by Gasteiger charge is 2.32. The van der Waals surface area contributed by atoms with Crippen LogP contribution >= 0.6 is 11.6 Å². The number of benzene rings is 1. The van der Waals surface area contributed by atoms with Gasteiger partial charge in [-0.3, -0.25) is 9.69 Å². The number of hydrogen-bond donors (Lipinski definition) is 0. The number of morpholine rings is 1. The third-order valence-corrected chi connectivity index (χ3v) is 2.87. The van der Waals surface area contributed by atoms with E-state index in [0.717, 1.165) is 0 Å². The van der Waals surface area contributed by atoms with Crippen LogP contribution in [0, 0.1) is 11.3 Å². The number of carbonyl (C=O) groups is 1. The highest BCUT2D eigenvalue weighted by atomic mass is 35.5. The Hall–Kier alpha value is -1.77. The van der Waals surface area contributed by atoms with Crippen molar-refractivity contribution in [3.8, 4) is 11.8 Å². The van der Waals surface area contributed by atoms with E-state index in [4.69, 9.17) is 26.3 Å². The molecule has 1 unspecified atom stereocenters. The van der Waals surface area contributed by atoms with E-state index in [-0.39, 0.29) is 19.1 Å². The summed E-state index contributed by atoms with van der Waals surface area (Å²) < 4.78 is 10.2. The lowest BCUT2D eigenvalue weighted by Gasteiger charge is -2.32. The van der Waals surface area contributed by atoms with E-state index in [0.29, 0.717) is 16.5 Å². The summed E-state index contributed by atoms with van der Waals surface area (Å²) in [5, 5.41) is 9.55. The number of anilines is 1. The van der Waals surface area contributed by atoms with E-state index < -0.39 is 6.04 Å². The van der Waals surface area contributed by atoms with E-state index in [9.17, 15) is 4.79 Å². The molecule has 1 aliphatic heterocycles. The highest BCUT2D eigenvalue weighted by Crippen LogP contribution is 2.33. The van der Waals surface area contributed by atoms with Crippen LogP contribution < -0.4 is 9.64 Å². The number of carbonyl (C=O) groups excluding carboxylic acids is 1. The first-order valence-electron chi connectivity index (χ1n) is 5.30. The van der Waals surface area contributed by atoms with Crippen molar-refractivity contribution < 1.29 is 14.3 Å². The van der Waals surface area contributed by atoms with Crippen molar-refractivity contribution in [1.29, 1.82) is 5.26 Å². The number of hydrogen-bond acceptors (Lipinski definition) is 4. The van der Waals surface area contributed by atoms with Gasteiger partial charge >= 0.3 is 0 Å². The summed E-state index contributed by atoms with van der Waals surface area (Å²) in [5.41, 5.74) is 0.491. The summed E-state index contributed by atoms with van der Waals surface area (Å²) >= 11 is 5.92. The summed E-state index contributed by atoms with van der Waals surface area (Å²) in [5.74, 6) is 0.211. The van der Waals surface area contributed by atoms with Gasteiger partial charge in [-0.1, -0.05) is 11.6 Å². The second-order valence-electron chi connectivity index (χ2n) is 3.74. The van der Waals surface area contributed by atoms with Gasteiger partial charge in [-0.05, 0) is 18.2 Å². The Kier molecular flexibility index (Phi) is 3.70. The molecule has 94 valence electrons. The molecule has 1 aromatic rings. The standard InChI is InChI=1S/C12H11ClN2O3/c1-17-11-3-2-8(13)4-10(11)15-9(5-14)6-18-7-12(15)16/h2-4,9H,6-7H2,1H3. The van der Waals surface area contributed by atoms with E-state index in [2.05, 4.69) is 0 Å². The first-order valence-corrected chi connectivity index (χ1v) is 5.68. The van der Waals surface area contributed by atoms with Crippen LogP contribution in [0.4, 0.5) is 5.69 Å². The lowest BCUT2D eigenvalue weighted by atomic mass is 10.2. The van der Waals surface area contributed by atoms with Gasteiger partial charge in [-0.15, -0.1) is 0 Å². The van der Waals surface area contributed by atoms with Gasteiger partial charge in [0.2, 0.25) is 0 Å². The van der Waals surface area contributed by atoms with E-state index in [1.54, 1.807) is 18.2 Å². The normalized spacial score (nSPS) is 19.5. The quantitative estimate of drug-likeness (QED) is 0.816. The molecule has 1 saturated heterocycles. The van der Waals surface area contributed by atoms with Crippen LogP contribution in [0.5, 0.6) is 5.75 Å². The smallest absolute Gasteiger partial charge is 0.254 e. The Bertz CT molecular complexity index is 513. The molecule has 6 heteroatoms. The van der Waals surface area contributed by atoms with Gasteiger partial charge in [-0.25, -0.2) is 0 Å². The first kappa shape index (κ1) is 12.7. The Morgan fingerprint density at radius 2 is 2.39 bits per heavy atom. The molecule has 0 bridgehead atoms. The minimum absolute atomic E-state index is 0.0478. The van der Waals surface area contributed by atoms with Gasteiger partial charge in [0.25, 0.3) is 5.91 Å². The van der Waals surface area contributed by atoms with E-state index in [1.165, 1.54) is 12.0 Å². The predicted molar refractivity (Wildman–Crippen MR) is 65.7 cm³/mol. The van der Waals surface area contributed by atoms with E-state index >= 15 is 0 Å². The molecular formula is C12H11ClN2O3. The van der Waals surface area contributed by atoms with Gasteiger partial charge < -0.3 is 9.47 Å². The van der Waals surface area contributed by atoms with Crippen LogP contribution in [-0.4, -0.2) is 32.3 Å². The van der Waals surface area contributed by atoms with Crippen molar-refractivity contribution in [1.82, 2.24) is 0 Å². The summed E-state index contributed by atoms with van der Waals surface area (Å²) in [6.07, 6.45) is 0. The van der Waals surface area contributed by atoms with Gasteiger partial charge in [0, 0.05) is 5.02 Å². The number of amides is 1. The number of methoxy groups -OCH3 is 1. The van der Waals surface area contributed by atoms with Crippen molar-refractivity contribution in [2.24, 2.45) is 0 Å². The Balaban J connectivity index is 2.47. The number of nitriles is 1. The minimum atomic E-state index is -0.668. The number of rotatable bonds is 2. The molecule has 2 rings (SSSR count). The second-order valence-corrected chi connectivity index (χ2v) is 4.18. The minimum Gasteiger partial charge on any atom is -0.495 e. The molecule has 0 spiro atoms. The van der Waals surface area contributed by atoms with Crippen LogP contribution in [0.25, 0.3) is 0 Å². The van der Waals surface area contributed by atoms with Crippen LogP contribution in [0.3, 0.4) is 0 Å². The fourth-order valence-electron chi connectivity index (χ4n) is 1.82. The van der Waals surface area contributed by atoms with Gasteiger partial charge in [0.1, 0.15) is 18.4 Å². The first-order chi connectivity index (χ1) is 8.67.